The highest BCUT2D eigenvalue weighted by Crippen LogP contribution is 2.25. The number of nitrogens with two attached hydrogens (primary N) is 3. The fraction of sp³-hybridized carbons (Fsp3) is 0.695. The van der Waals surface area contributed by atoms with Crippen LogP contribution in [0, 0.1) is 28.6 Å². The van der Waals surface area contributed by atoms with Crippen molar-refractivity contribution in [2.24, 2.45) is 50.8 Å². The highest BCUT2D eigenvalue weighted by atomic mass is 16.3. The predicted octanol–water partition coefficient (Wildman–Crippen LogP) is -3.94. The van der Waals surface area contributed by atoms with Gasteiger partial charge in [-0.25, -0.2) is 0 Å². The van der Waals surface area contributed by atoms with Crippen LogP contribution in [-0.4, -0.2) is 190 Å². The largest absolute Gasteiger partial charge is 0.394 e. The van der Waals surface area contributed by atoms with Crippen molar-refractivity contribution >= 4 is 70.9 Å². The van der Waals surface area contributed by atoms with Gasteiger partial charge in [0.25, 0.3) is 0 Å². The Kier molecular flexibility index (Phi) is 31.5. The summed E-state index contributed by atoms with van der Waals surface area (Å²) < 4.78 is 0. The van der Waals surface area contributed by atoms with Crippen molar-refractivity contribution in [3.05, 3.63) is 35.9 Å². The average molecular weight is 1260 g/mol. The molecule has 30 heteroatoms. The molecule has 0 bridgehead atoms. The number of amides is 11. The molecular weight excluding hydrogens is 1160 g/mol. The molecule has 0 saturated carbocycles. The molecule has 0 aromatic heterocycles. The summed E-state index contributed by atoms with van der Waals surface area (Å²) in [6, 6.07) is -10.7. The summed E-state index contributed by atoms with van der Waals surface area (Å²) in [5, 5.41) is 71.0. The zero-order chi connectivity index (χ0) is 67.8. The van der Waals surface area contributed by atoms with Crippen molar-refractivity contribution in [3.8, 4) is 0 Å². The molecule has 2 rings (SSSR count). The van der Waals surface area contributed by atoms with Crippen molar-refractivity contribution in [1.29, 1.82) is 0 Å². The van der Waals surface area contributed by atoms with Crippen LogP contribution in [0.2, 0.25) is 0 Å². The van der Waals surface area contributed by atoms with Gasteiger partial charge in [0.2, 0.25) is 65.0 Å². The van der Waals surface area contributed by atoms with E-state index >= 15 is 4.79 Å². The maximum atomic E-state index is 15.4. The van der Waals surface area contributed by atoms with Gasteiger partial charge < -0.3 is 96.1 Å². The van der Waals surface area contributed by atoms with E-state index in [2.05, 4.69) is 63.5 Å². The Labute approximate surface area is 521 Å². The van der Waals surface area contributed by atoms with Crippen LogP contribution < -0.4 is 75.7 Å². The smallest absolute Gasteiger partial charge is 0.245 e. The van der Waals surface area contributed by atoms with Gasteiger partial charge in [0.15, 0.2) is 5.96 Å². The minimum atomic E-state index is -2.03. The maximum absolute atomic E-state index is 15.4. The number of hydrogen-bond acceptors (Lipinski definition) is 17. The lowest BCUT2D eigenvalue weighted by molar-refractivity contribution is -0.139. The molecular formula is C59H101N15O15. The zero-order valence-electron chi connectivity index (χ0n) is 53.7. The van der Waals surface area contributed by atoms with Crippen LogP contribution >= 0.6 is 0 Å². The van der Waals surface area contributed by atoms with E-state index in [1.807, 2.05) is 20.8 Å². The minimum absolute atomic E-state index is 0.0231. The summed E-state index contributed by atoms with van der Waals surface area (Å²) in [6.45, 7) is 18.7. The summed E-state index contributed by atoms with van der Waals surface area (Å²) in [5.74, 6) is -13.7. The Balaban J connectivity index is 3.09. The van der Waals surface area contributed by atoms with Crippen LogP contribution in [0.15, 0.2) is 35.3 Å². The van der Waals surface area contributed by atoms with E-state index in [1.165, 1.54) is 38.1 Å². The molecule has 21 N–H and O–H groups in total. The van der Waals surface area contributed by atoms with Crippen LogP contribution in [-0.2, 0) is 52.7 Å². The van der Waals surface area contributed by atoms with Gasteiger partial charge in [-0.1, -0.05) is 120 Å². The lowest BCUT2D eigenvalue weighted by Gasteiger charge is -2.35. The number of aliphatic hydroxyl groups is 4. The van der Waals surface area contributed by atoms with E-state index in [-0.39, 0.29) is 62.5 Å². The monoisotopic (exact) mass is 1260 g/mol. The predicted molar refractivity (Wildman–Crippen MR) is 329 cm³/mol. The van der Waals surface area contributed by atoms with Crippen molar-refractivity contribution in [3.63, 3.8) is 0 Å². The topological polar surface area (TPSA) is 491 Å². The van der Waals surface area contributed by atoms with Crippen LogP contribution in [0.1, 0.15) is 140 Å². The number of nitrogens with one attached hydrogen (secondary N) is 11. The fourth-order valence-electron chi connectivity index (χ4n) is 9.41. The molecule has 1 aliphatic rings. The molecule has 1 aromatic rings. The number of guanidine groups is 1. The minimum Gasteiger partial charge on any atom is -0.394 e. The van der Waals surface area contributed by atoms with Gasteiger partial charge in [0.05, 0.1) is 44.1 Å². The number of benzene rings is 1. The van der Waals surface area contributed by atoms with Crippen LogP contribution in [0.25, 0.3) is 0 Å². The summed E-state index contributed by atoms with van der Waals surface area (Å²) >= 11 is 0. The molecule has 11 amide bonds. The fourth-order valence-corrected chi connectivity index (χ4v) is 9.41. The lowest BCUT2D eigenvalue weighted by Crippen LogP contribution is -2.65. The third-order valence-electron chi connectivity index (χ3n) is 14.4. The SMILES string of the molecule is CC[C@H](C)[C@@H]1NC(=O)[C@@H](CCCN=C(N)N)NC(=O)[C@H](CC(C)C)NC(=O)[C@H]([C@H](O)C(C)C)NC(=O)[C@@H](NC(=O)[C@H](CC(C)(C)C)NC(=O)[C@H](N)CC(C)(C)C)[C@@H](c2ccccc2)NC(=O)[C@H](CO)NC(=O)[C@H](CO)NC(=O)CNC(=O)[C@H]([C@@H](C)O)NC1=O. The standard InChI is InChI=1S/C59H101N15O15/c1-14-31(6)41-54(87)71-42(32(7)77)53(86)64-26-40(78)65-38(27-75)51(84)69-39(28-76)52(85)72-43(33-19-16-15-17-20-33)44(73-50(83)37(25-59(11,12)13)68-47(80)34(60)24-58(8,9)10)55(88)74-45(46(79)30(4)5)56(89)67-36(23-29(2)3)49(82)66-35(48(81)70-41)21-18-22-63-57(61)62/h15-17,19-20,29-32,34-39,41-46,75-77,79H,14,18,21-28,60H2,1-13H3,(H,64,86)(H,65,78)(H,66,82)(H,67,89)(H,68,80)(H,69,84)(H,70,81)(H,71,87)(H,72,85)(H,73,83)(H,74,88)(H4,61,62,63)/t31-,32+,34+,35+,36-,37-,38-,39-,41-,42-,43+,44-,45-,46+/m0/s1. The van der Waals surface area contributed by atoms with E-state index in [1.54, 1.807) is 54.5 Å². The van der Waals surface area contributed by atoms with Crippen LogP contribution in [0.5, 0.6) is 0 Å². The Morgan fingerprint density at radius 3 is 1.66 bits per heavy atom. The van der Waals surface area contributed by atoms with Crippen molar-refractivity contribution in [2.75, 3.05) is 26.3 Å². The number of carbonyl (C=O) groups is 11. The van der Waals surface area contributed by atoms with Crippen LogP contribution in [0.3, 0.4) is 0 Å². The molecule has 14 atom stereocenters. The first-order valence-corrected chi connectivity index (χ1v) is 30.1. The number of carbonyl (C=O) groups excluding carboxylic acids is 11. The molecule has 0 unspecified atom stereocenters. The van der Waals surface area contributed by atoms with Gasteiger partial charge in [-0.2, -0.15) is 0 Å². The number of rotatable bonds is 20. The van der Waals surface area contributed by atoms with Gasteiger partial charge in [0, 0.05) is 6.54 Å². The molecule has 89 heavy (non-hydrogen) atoms. The highest BCUT2D eigenvalue weighted by Gasteiger charge is 2.42. The third kappa shape index (κ3) is 26.6. The maximum Gasteiger partial charge on any atom is 0.245 e. The Morgan fingerprint density at radius 2 is 1.13 bits per heavy atom. The van der Waals surface area contributed by atoms with E-state index in [9.17, 15) is 68.4 Å². The van der Waals surface area contributed by atoms with Gasteiger partial charge in [-0.15, -0.1) is 0 Å². The molecule has 1 aromatic carbocycles. The number of aliphatic imine (C=N–C) groups is 1. The Morgan fingerprint density at radius 1 is 0.629 bits per heavy atom. The Hall–Kier alpha value is -7.54. The van der Waals surface area contributed by atoms with E-state index in [4.69, 9.17) is 17.2 Å². The summed E-state index contributed by atoms with van der Waals surface area (Å²) in [7, 11) is 0. The van der Waals surface area contributed by atoms with Crippen LogP contribution in [0.4, 0.5) is 0 Å². The molecule has 1 fully saturated rings. The molecule has 0 aliphatic carbocycles. The second kappa shape index (κ2) is 36.2. The number of hydrogen-bond donors (Lipinski definition) is 18. The molecule has 0 radical (unpaired) electrons. The van der Waals surface area contributed by atoms with Crippen molar-refractivity contribution < 1.29 is 73.2 Å². The lowest BCUT2D eigenvalue weighted by atomic mass is 9.86. The Bertz CT molecular complexity index is 2590. The molecule has 30 nitrogen and oxygen atoms in total. The zero-order valence-corrected chi connectivity index (χ0v) is 53.7. The first-order valence-electron chi connectivity index (χ1n) is 30.1. The van der Waals surface area contributed by atoms with E-state index in [0.717, 1.165) is 6.92 Å². The first kappa shape index (κ1) is 77.6. The summed E-state index contributed by atoms with van der Waals surface area (Å²) in [6.07, 6.45) is -3.16. The number of aliphatic hydroxyl groups excluding tert-OH is 4. The van der Waals surface area contributed by atoms with Crippen molar-refractivity contribution in [1.82, 2.24) is 58.5 Å². The molecule has 502 valence electrons. The second-order valence-electron chi connectivity index (χ2n) is 25.9. The average Bonchev–Trinajstić information content (AvgIpc) is 1.77. The first-order chi connectivity index (χ1) is 41.3. The number of nitrogens with zero attached hydrogens (tertiary/aromatic N) is 1. The van der Waals surface area contributed by atoms with Gasteiger partial charge in [-0.3, -0.25) is 57.7 Å². The van der Waals surface area contributed by atoms with E-state index in [0.29, 0.717) is 0 Å². The summed E-state index contributed by atoms with van der Waals surface area (Å²) in [4.78, 5) is 161. The second-order valence-corrected chi connectivity index (χ2v) is 25.9. The molecule has 1 saturated heterocycles. The summed E-state index contributed by atoms with van der Waals surface area (Å²) in [5.41, 5.74) is 16.4. The van der Waals surface area contributed by atoms with Crippen molar-refractivity contribution in [2.45, 2.75) is 207 Å². The highest BCUT2D eigenvalue weighted by molar-refractivity contribution is 6.00. The normalized spacial score (nSPS) is 24.8. The van der Waals surface area contributed by atoms with Gasteiger partial charge in [0.1, 0.15) is 54.4 Å². The van der Waals surface area contributed by atoms with E-state index < -0.39 is 186 Å². The van der Waals surface area contributed by atoms with Gasteiger partial charge in [-0.05, 0) is 73.2 Å². The molecule has 1 aliphatic heterocycles. The van der Waals surface area contributed by atoms with Gasteiger partial charge >= 0.3 is 0 Å². The quantitative estimate of drug-likeness (QED) is 0.0337. The third-order valence-corrected chi connectivity index (χ3v) is 14.4. The molecule has 0 spiro atoms. The molecule has 1 heterocycles.